The number of hydrogen-bond acceptors (Lipinski definition) is 4. The highest BCUT2D eigenvalue weighted by atomic mass is 16.5. The summed E-state index contributed by atoms with van der Waals surface area (Å²) in [6.45, 7) is 9.05. The molecule has 0 bridgehead atoms. The molecule has 0 radical (unpaired) electrons. The van der Waals surface area contributed by atoms with Gasteiger partial charge in [0.1, 0.15) is 0 Å². The Morgan fingerprint density at radius 1 is 1.31 bits per heavy atom. The van der Waals surface area contributed by atoms with E-state index in [1.165, 1.54) is 0 Å². The van der Waals surface area contributed by atoms with Gasteiger partial charge in [-0.1, -0.05) is 20.8 Å². The van der Waals surface area contributed by atoms with Crippen LogP contribution in [0.25, 0.3) is 0 Å². The van der Waals surface area contributed by atoms with Crippen LogP contribution in [0.4, 0.5) is 0 Å². The van der Waals surface area contributed by atoms with Crippen LogP contribution in [0.5, 0.6) is 5.88 Å². The van der Waals surface area contributed by atoms with Crippen molar-refractivity contribution in [3.63, 3.8) is 0 Å². The Labute approximate surface area is 97.5 Å². The molecular weight excluding hydrogens is 202 g/mol. The highest BCUT2D eigenvalue weighted by Crippen LogP contribution is 2.09. The van der Waals surface area contributed by atoms with E-state index < -0.39 is 0 Å². The Bertz CT molecular complexity index is 315. The third kappa shape index (κ3) is 4.57. The maximum Gasteiger partial charge on any atom is 0.232 e. The van der Waals surface area contributed by atoms with Gasteiger partial charge in [-0.05, 0) is 13.3 Å². The van der Waals surface area contributed by atoms with Gasteiger partial charge in [0.25, 0.3) is 0 Å². The van der Waals surface area contributed by atoms with Crippen LogP contribution >= 0.6 is 0 Å². The maximum atomic E-state index is 5.61. The average Bonchev–Trinajstić information content (AvgIpc) is 2.26. The molecular formula is C12H21N3O. The summed E-state index contributed by atoms with van der Waals surface area (Å²) in [5.74, 6) is 0.609. The summed E-state index contributed by atoms with van der Waals surface area (Å²) in [6, 6.07) is 0.445. The summed E-state index contributed by atoms with van der Waals surface area (Å²) in [7, 11) is 0. The van der Waals surface area contributed by atoms with E-state index in [2.05, 4.69) is 36.1 Å². The van der Waals surface area contributed by atoms with Crippen LogP contribution in [0.15, 0.2) is 12.4 Å². The quantitative estimate of drug-likeness (QED) is 0.802. The van der Waals surface area contributed by atoms with Crippen molar-refractivity contribution >= 4 is 0 Å². The summed E-state index contributed by atoms with van der Waals surface area (Å²) in [5.41, 5.74) is 0.912. The van der Waals surface area contributed by atoms with E-state index in [9.17, 15) is 0 Å². The SMILES string of the molecule is CCC(C)Oc1cncc(CNC(C)C)n1. The molecule has 90 valence electrons. The number of ether oxygens (including phenoxy) is 1. The first-order valence-corrected chi connectivity index (χ1v) is 5.82. The van der Waals surface area contributed by atoms with Crippen molar-refractivity contribution < 1.29 is 4.74 Å². The fourth-order valence-corrected chi connectivity index (χ4v) is 1.13. The van der Waals surface area contributed by atoms with Gasteiger partial charge in [-0.25, -0.2) is 4.98 Å². The summed E-state index contributed by atoms with van der Waals surface area (Å²) in [4.78, 5) is 8.51. The van der Waals surface area contributed by atoms with Crippen molar-refractivity contribution in [2.45, 2.75) is 52.8 Å². The zero-order valence-electron chi connectivity index (χ0n) is 10.5. The molecule has 0 amide bonds. The van der Waals surface area contributed by atoms with E-state index >= 15 is 0 Å². The van der Waals surface area contributed by atoms with Gasteiger partial charge in [0, 0.05) is 18.8 Å². The third-order valence-electron chi connectivity index (χ3n) is 2.25. The highest BCUT2D eigenvalue weighted by molar-refractivity contribution is 5.08. The Hall–Kier alpha value is -1.16. The fraction of sp³-hybridized carbons (Fsp3) is 0.667. The van der Waals surface area contributed by atoms with Crippen molar-refractivity contribution in [1.82, 2.24) is 15.3 Å². The van der Waals surface area contributed by atoms with Gasteiger partial charge in [0.05, 0.1) is 18.0 Å². The molecule has 1 rings (SSSR count). The molecule has 0 aromatic carbocycles. The van der Waals surface area contributed by atoms with Gasteiger partial charge in [-0.2, -0.15) is 0 Å². The minimum absolute atomic E-state index is 0.183. The predicted octanol–water partition coefficient (Wildman–Crippen LogP) is 2.15. The lowest BCUT2D eigenvalue weighted by Gasteiger charge is -2.12. The van der Waals surface area contributed by atoms with E-state index in [-0.39, 0.29) is 6.10 Å². The van der Waals surface area contributed by atoms with E-state index in [0.717, 1.165) is 18.7 Å². The third-order valence-corrected chi connectivity index (χ3v) is 2.25. The molecule has 1 unspecified atom stereocenters. The molecule has 1 heterocycles. The van der Waals surface area contributed by atoms with Gasteiger partial charge in [0.15, 0.2) is 0 Å². The second-order valence-electron chi connectivity index (χ2n) is 4.22. The number of nitrogens with zero attached hydrogens (tertiary/aromatic N) is 2. The van der Waals surface area contributed by atoms with Gasteiger partial charge in [0.2, 0.25) is 5.88 Å². The normalized spacial score (nSPS) is 12.8. The minimum atomic E-state index is 0.183. The van der Waals surface area contributed by atoms with Crippen molar-refractivity contribution in [1.29, 1.82) is 0 Å². The molecule has 0 aliphatic carbocycles. The van der Waals surface area contributed by atoms with E-state index in [1.54, 1.807) is 12.4 Å². The maximum absolute atomic E-state index is 5.61. The first kappa shape index (κ1) is 12.9. The van der Waals surface area contributed by atoms with E-state index in [0.29, 0.717) is 11.9 Å². The van der Waals surface area contributed by atoms with Crippen molar-refractivity contribution in [2.24, 2.45) is 0 Å². The lowest BCUT2D eigenvalue weighted by Crippen LogP contribution is -2.22. The van der Waals surface area contributed by atoms with Gasteiger partial charge in [-0.3, -0.25) is 4.98 Å². The lowest BCUT2D eigenvalue weighted by molar-refractivity contribution is 0.207. The number of nitrogens with one attached hydrogen (secondary N) is 1. The summed E-state index contributed by atoms with van der Waals surface area (Å²) < 4.78 is 5.61. The Morgan fingerprint density at radius 2 is 2.06 bits per heavy atom. The van der Waals surface area contributed by atoms with Gasteiger partial charge >= 0.3 is 0 Å². The Morgan fingerprint density at radius 3 is 2.69 bits per heavy atom. The molecule has 0 fully saturated rings. The monoisotopic (exact) mass is 223 g/mol. The van der Waals surface area contributed by atoms with Crippen LogP contribution < -0.4 is 10.1 Å². The van der Waals surface area contributed by atoms with Crippen molar-refractivity contribution in [3.8, 4) is 5.88 Å². The second kappa shape index (κ2) is 6.43. The number of aromatic nitrogens is 2. The highest BCUT2D eigenvalue weighted by Gasteiger charge is 2.04. The zero-order valence-corrected chi connectivity index (χ0v) is 10.5. The summed E-state index contributed by atoms with van der Waals surface area (Å²) in [6.07, 6.45) is 4.57. The number of hydrogen-bond donors (Lipinski definition) is 1. The van der Waals surface area contributed by atoms with Crippen LogP contribution in [-0.4, -0.2) is 22.1 Å². The van der Waals surface area contributed by atoms with E-state index in [4.69, 9.17) is 4.74 Å². The molecule has 1 N–H and O–H groups in total. The van der Waals surface area contributed by atoms with Gasteiger partial charge in [-0.15, -0.1) is 0 Å². The zero-order chi connectivity index (χ0) is 12.0. The minimum Gasteiger partial charge on any atom is -0.474 e. The van der Waals surface area contributed by atoms with Crippen molar-refractivity contribution in [3.05, 3.63) is 18.1 Å². The van der Waals surface area contributed by atoms with Gasteiger partial charge < -0.3 is 10.1 Å². The van der Waals surface area contributed by atoms with Crippen LogP contribution in [0.3, 0.4) is 0 Å². The first-order valence-electron chi connectivity index (χ1n) is 5.82. The predicted molar refractivity (Wildman–Crippen MR) is 64.4 cm³/mol. The summed E-state index contributed by atoms with van der Waals surface area (Å²) >= 11 is 0. The van der Waals surface area contributed by atoms with Crippen LogP contribution in [0.1, 0.15) is 39.8 Å². The molecule has 4 nitrogen and oxygen atoms in total. The molecule has 1 aromatic rings. The molecule has 0 aliphatic rings. The average molecular weight is 223 g/mol. The van der Waals surface area contributed by atoms with Crippen LogP contribution in [0, 0.1) is 0 Å². The molecule has 0 saturated heterocycles. The molecule has 16 heavy (non-hydrogen) atoms. The molecule has 4 heteroatoms. The second-order valence-corrected chi connectivity index (χ2v) is 4.22. The van der Waals surface area contributed by atoms with Crippen LogP contribution in [-0.2, 0) is 6.54 Å². The molecule has 0 saturated carbocycles. The topological polar surface area (TPSA) is 47.0 Å². The molecule has 0 aliphatic heterocycles. The molecule has 0 spiro atoms. The first-order chi connectivity index (χ1) is 7.61. The Balaban J connectivity index is 2.56. The number of rotatable bonds is 6. The molecule has 1 aromatic heterocycles. The van der Waals surface area contributed by atoms with E-state index in [1.807, 2.05) is 6.92 Å². The van der Waals surface area contributed by atoms with Crippen LogP contribution in [0.2, 0.25) is 0 Å². The molecule has 1 atom stereocenters. The fourth-order valence-electron chi connectivity index (χ4n) is 1.13. The Kier molecular flexibility index (Phi) is 5.19. The summed E-state index contributed by atoms with van der Waals surface area (Å²) in [5, 5.41) is 3.30. The largest absolute Gasteiger partial charge is 0.474 e. The smallest absolute Gasteiger partial charge is 0.232 e. The van der Waals surface area contributed by atoms with Crippen molar-refractivity contribution in [2.75, 3.05) is 0 Å². The standard InChI is InChI=1S/C12H21N3O/c1-5-10(4)16-12-8-13-6-11(15-12)7-14-9(2)3/h6,8-10,14H,5,7H2,1-4H3. The lowest BCUT2D eigenvalue weighted by atomic mass is 10.3.